The van der Waals surface area contributed by atoms with Gasteiger partial charge in [-0.1, -0.05) is 42.0 Å². The van der Waals surface area contributed by atoms with Crippen molar-refractivity contribution in [1.82, 2.24) is 10.6 Å². The van der Waals surface area contributed by atoms with Gasteiger partial charge < -0.3 is 25.2 Å². The molecule has 1 aliphatic rings. The Hall–Kier alpha value is -1.84. The van der Waals surface area contributed by atoms with Crippen LogP contribution in [0.5, 0.6) is 5.75 Å². The molecule has 1 aliphatic heterocycles. The smallest absolute Gasteiger partial charge is 0.191 e. The molecule has 0 aliphatic carbocycles. The minimum atomic E-state index is -0.677. The Balaban J connectivity index is 0.00000385. The molecule has 33 heavy (non-hydrogen) atoms. The number of nitrogens with zero attached hydrogens (tertiary/aromatic N) is 1. The summed E-state index contributed by atoms with van der Waals surface area (Å²) in [6.07, 6.45) is 1.59. The number of ether oxygens (including phenoxy) is 2. The Kier molecular flexibility index (Phi) is 12.0. The van der Waals surface area contributed by atoms with E-state index in [0.717, 1.165) is 43.9 Å². The molecule has 3 rings (SSSR count). The van der Waals surface area contributed by atoms with Gasteiger partial charge in [-0.2, -0.15) is 0 Å². The van der Waals surface area contributed by atoms with Crippen molar-refractivity contribution in [3.05, 3.63) is 65.2 Å². The highest BCUT2D eigenvalue weighted by molar-refractivity contribution is 14.0. The molecule has 0 amide bonds. The zero-order chi connectivity index (χ0) is 22.8. The van der Waals surface area contributed by atoms with Crippen LogP contribution in [0.15, 0.2) is 53.5 Å². The molecule has 2 aromatic rings. The van der Waals surface area contributed by atoms with E-state index in [2.05, 4.69) is 46.8 Å². The van der Waals surface area contributed by atoms with E-state index in [9.17, 15) is 5.11 Å². The van der Waals surface area contributed by atoms with Gasteiger partial charge in [-0.25, -0.2) is 0 Å². The van der Waals surface area contributed by atoms with Gasteiger partial charge in [0.15, 0.2) is 5.96 Å². The van der Waals surface area contributed by atoms with Crippen LogP contribution in [0.25, 0.3) is 0 Å². The van der Waals surface area contributed by atoms with Crippen LogP contribution in [0, 0.1) is 19.8 Å². The van der Waals surface area contributed by atoms with Crippen molar-refractivity contribution in [2.24, 2.45) is 10.9 Å². The highest BCUT2D eigenvalue weighted by Gasteiger charge is 2.27. The lowest BCUT2D eigenvalue weighted by Crippen LogP contribution is -2.42. The number of halogens is 1. The maximum absolute atomic E-state index is 10.3. The molecule has 1 fully saturated rings. The average Bonchev–Trinajstić information content (AvgIpc) is 2.80. The minimum Gasteiger partial charge on any atom is -0.491 e. The summed E-state index contributed by atoms with van der Waals surface area (Å²) in [5.41, 5.74) is 3.61. The van der Waals surface area contributed by atoms with Crippen molar-refractivity contribution in [2.75, 3.05) is 32.8 Å². The maximum Gasteiger partial charge on any atom is 0.191 e. The molecule has 0 spiro atoms. The number of aliphatic imine (C=N–C) groups is 1. The fourth-order valence-electron chi connectivity index (χ4n) is 3.89. The number of nitrogens with one attached hydrogen (secondary N) is 2. The second kappa shape index (κ2) is 14.4. The van der Waals surface area contributed by atoms with Gasteiger partial charge in [-0.15, -0.1) is 24.0 Å². The first-order chi connectivity index (χ1) is 15.5. The van der Waals surface area contributed by atoms with E-state index in [-0.39, 0.29) is 43.2 Å². The van der Waals surface area contributed by atoms with E-state index in [0.29, 0.717) is 11.9 Å². The number of benzene rings is 2. The fourth-order valence-corrected chi connectivity index (χ4v) is 3.89. The highest BCUT2D eigenvalue weighted by atomic mass is 127. The van der Waals surface area contributed by atoms with Crippen LogP contribution in [0.3, 0.4) is 0 Å². The van der Waals surface area contributed by atoms with E-state index in [1.165, 1.54) is 11.1 Å². The van der Waals surface area contributed by atoms with Gasteiger partial charge in [0.2, 0.25) is 0 Å². The molecule has 1 saturated heterocycles. The normalized spacial score (nSPS) is 19.3. The van der Waals surface area contributed by atoms with Gasteiger partial charge in [0.25, 0.3) is 0 Å². The Bertz CT molecular complexity index is 860. The zero-order valence-electron chi connectivity index (χ0n) is 19.9. The number of guanidine groups is 1. The Labute approximate surface area is 215 Å². The maximum atomic E-state index is 10.3. The molecule has 182 valence electrons. The van der Waals surface area contributed by atoms with Crippen molar-refractivity contribution in [3.63, 3.8) is 0 Å². The molecule has 0 saturated carbocycles. The summed E-state index contributed by atoms with van der Waals surface area (Å²) >= 11 is 0. The Morgan fingerprint density at radius 2 is 1.94 bits per heavy atom. The summed E-state index contributed by atoms with van der Waals surface area (Å²) < 4.78 is 11.8. The van der Waals surface area contributed by atoms with E-state index >= 15 is 0 Å². The van der Waals surface area contributed by atoms with E-state index in [4.69, 9.17) is 9.47 Å². The molecule has 7 heteroatoms. The summed E-state index contributed by atoms with van der Waals surface area (Å²) in [5, 5.41) is 17.0. The number of aliphatic hydroxyl groups excluding tert-OH is 1. The lowest BCUT2D eigenvalue weighted by molar-refractivity contribution is -0.0265. The summed E-state index contributed by atoms with van der Waals surface area (Å²) in [5.74, 6) is 1.83. The third-order valence-corrected chi connectivity index (χ3v) is 5.62. The topological polar surface area (TPSA) is 75.1 Å². The molecule has 1 heterocycles. The van der Waals surface area contributed by atoms with Gasteiger partial charge in [0.05, 0.1) is 12.6 Å². The third-order valence-electron chi connectivity index (χ3n) is 5.62. The summed E-state index contributed by atoms with van der Waals surface area (Å²) in [6.45, 7) is 8.95. The molecule has 0 aromatic heterocycles. The molecule has 0 radical (unpaired) electrons. The number of hydrogen-bond acceptors (Lipinski definition) is 4. The Morgan fingerprint density at radius 1 is 1.15 bits per heavy atom. The van der Waals surface area contributed by atoms with Gasteiger partial charge in [-0.3, -0.25) is 4.99 Å². The monoisotopic (exact) mass is 567 g/mol. The van der Waals surface area contributed by atoms with E-state index < -0.39 is 6.10 Å². The first-order valence-electron chi connectivity index (χ1n) is 11.6. The van der Waals surface area contributed by atoms with E-state index in [1.54, 1.807) is 0 Å². The van der Waals surface area contributed by atoms with Crippen molar-refractivity contribution in [3.8, 4) is 5.75 Å². The highest BCUT2D eigenvalue weighted by Crippen LogP contribution is 2.33. The van der Waals surface area contributed by atoms with Crippen LogP contribution in [0.2, 0.25) is 0 Å². The van der Waals surface area contributed by atoms with Crippen LogP contribution in [-0.4, -0.2) is 50.0 Å². The number of rotatable bonds is 9. The fraction of sp³-hybridized carbons (Fsp3) is 0.500. The number of aryl methyl sites for hydroxylation is 2. The van der Waals surface area contributed by atoms with E-state index in [1.807, 2.05) is 38.1 Å². The van der Waals surface area contributed by atoms with Gasteiger partial charge in [0.1, 0.15) is 18.5 Å². The largest absolute Gasteiger partial charge is 0.491 e. The van der Waals surface area contributed by atoms with Gasteiger partial charge in [0, 0.05) is 25.6 Å². The standard InChI is InChI=1S/C26H37N3O3.HI/c1-4-27-26(29-17-23(30)18-32-24-9-5-7-20(3)15-24)28-16-22-8-6-14-31-25(22)21-12-10-19(2)11-13-21;/h5,7,9-13,15,22-23,25,30H,4,6,8,14,16-18H2,1-3H3,(H2,27,28,29);1H. The average molecular weight is 568 g/mol. The van der Waals surface area contributed by atoms with Crippen LogP contribution in [-0.2, 0) is 4.74 Å². The molecule has 3 atom stereocenters. The molecule has 6 nitrogen and oxygen atoms in total. The third kappa shape index (κ3) is 9.14. The lowest BCUT2D eigenvalue weighted by Gasteiger charge is -2.32. The number of hydrogen-bond donors (Lipinski definition) is 3. The molecule has 0 bridgehead atoms. The van der Waals surface area contributed by atoms with Gasteiger partial charge in [-0.05, 0) is 56.9 Å². The Morgan fingerprint density at radius 3 is 2.67 bits per heavy atom. The quantitative estimate of drug-likeness (QED) is 0.238. The predicted octanol–water partition coefficient (Wildman–Crippen LogP) is 4.38. The van der Waals surface area contributed by atoms with Crippen molar-refractivity contribution in [2.45, 2.75) is 45.8 Å². The van der Waals surface area contributed by atoms with Gasteiger partial charge >= 0.3 is 0 Å². The molecule has 2 aromatic carbocycles. The van der Waals surface area contributed by atoms with Crippen LogP contribution in [0.4, 0.5) is 0 Å². The second-order valence-corrected chi connectivity index (χ2v) is 8.49. The molecule has 3 unspecified atom stereocenters. The summed E-state index contributed by atoms with van der Waals surface area (Å²) in [4.78, 5) is 4.56. The minimum absolute atomic E-state index is 0. The van der Waals surface area contributed by atoms with Crippen molar-refractivity contribution < 1.29 is 14.6 Å². The lowest BCUT2D eigenvalue weighted by atomic mass is 9.89. The first-order valence-corrected chi connectivity index (χ1v) is 11.6. The predicted molar refractivity (Wildman–Crippen MR) is 145 cm³/mol. The SMILES string of the molecule is CCNC(=NCC(O)COc1cccc(C)c1)NCC1CCCOC1c1ccc(C)cc1.I. The summed E-state index contributed by atoms with van der Waals surface area (Å²) in [6, 6.07) is 16.4. The van der Waals surface area contributed by atoms with Crippen molar-refractivity contribution in [1.29, 1.82) is 0 Å². The molecular formula is C26H38IN3O3. The first kappa shape index (κ1) is 27.4. The molecule has 3 N–H and O–H groups in total. The summed E-state index contributed by atoms with van der Waals surface area (Å²) in [7, 11) is 0. The van der Waals surface area contributed by atoms with Crippen LogP contribution < -0.4 is 15.4 Å². The van der Waals surface area contributed by atoms with Crippen LogP contribution in [0.1, 0.15) is 42.6 Å². The number of aliphatic hydroxyl groups is 1. The molecular weight excluding hydrogens is 529 g/mol. The zero-order valence-corrected chi connectivity index (χ0v) is 22.3. The second-order valence-electron chi connectivity index (χ2n) is 8.49. The van der Waals surface area contributed by atoms with Crippen LogP contribution >= 0.6 is 24.0 Å². The van der Waals surface area contributed by atoms with Crippen molar-refractivity contribution >= 4 is 29.9 Å².